The van der Waals surface area contributed by atoms with Gasteiger partial charge in [-0.05, 0) is 70.6 Å². The number of allylic oxidation sites excluding steroid dienone is 2. The van der Waals surface area contributed by atoms with E-state index in [1.165, 1.54) is 27.7 Å². The predicted octanol–water partition coefficient (Wildman–Crippen LogP) is 4.53. The number of esters is 6. The van der Waals surface area contributed by atoms with Gasteiger partial charge < -0.3 is 33.2 Å². The maximum absolute atomic E-state index is 14.1. The summed E-state index contributed by atoms with van der Waals surface area (Å²) in [6, 6.07) is 0. The largest absolute Gasteiger partial charge is 0.462 e. The molecule has 13 heteroatoms. The van der Waals surface area contributed by atoms with Crippen molar-refractivity contribution in [2.45, 2.75) is 138 Å². The Bertz CT molecular complexity index is 1580. The highest BCUT2D eigenvalue weighted by Gasteiger charge is 2.89. The molecule has 5 fully saturated rings. The van der Waals surface area contributed by atoms with Crippen LogP contribution in [0.15, 0.2) is 23.3 Å². The summed E-state index contributed by atoms with van der Waals surface area (Å²) in [5, 5.41) is 0. The lowest BCUT2D eigenvalue weighted by atomic mass is 9.56. The molecule has 4 aliphatic carbocycles. The molecule has 0 aromatic carbocycles. The summed E-state index contributed by atoms with van der Waals surface area (Å²) in [4.78, 5) is 80.3. The second kappa shape index (κ2) is 13.0. The van der Waals surface area contributed by atoms with Crippen molar-refractivity contribution in [3.05, 3.63) is 23.3 Å². The molecule has 282 valence electrons. The summed E-state index contributed by atoms with van der Waals surface area (Å²) in [7, 11) is 0. The van der Waals surface area contributed by atoms with E-state index in [1.54, 1.807) is 53.7 Å². The molecule has 0 aromatic rings. The van der Waals surface area contributed by atoms with Crippen LogP contribution in [0, 0.1) is 40.4 Å². The first kappa shape index (κ1) is 38.5. The molecule has 0 aromatic heterocycles. The molecule has 0 radical (unpaired) electrons. The fraction of sp³-hybridized carbons (Fsp3) is 0.737. The topological polar surface area (TPSA) is 167 Å². The SMILES string of the molecule is CC=C(C)C(=O)OC1C2C(OC(C)=O)C(C)CC2(OC(=O)C(C)=CC)C(OC(C)=O)C2(C)OC(OC(C)=O)C13C(OC(C)=O)CC1C(C23)C1(C)C. The molecule has 1 saturated heterocycles. The molecule has 5 rings (SSSR count). The monoisotopic (exact) mass is 716 g/mol. The molecular formula is C38H52O13. The first-order chi connectivity index (χ1) is 23.6. The average molecular weight is 717 g/mol. The zero-order valence-corrected chi connectivity index (χ0v) is 31.6. The highest BCUT2D eigenvalue weighted by atomic mass is 16.7. The molecule has 0 spiro atoms. The third-order valence-corrected chi connectivity index (χ3v) is 12.5. The van der Waals surface area contributed by atoms with E-state index in [4.69, 9.17) is 33.2 Å². The van der Waals surface area contributed by atoms with Crippen LogP contribution in [0.5, 0.6) is 0 Å². The van der Waals surface area contributed by atoms with Crippen molar-refractivity contribution in [2.24, 2.45) is 40.4 Å². The van der Waals surface area contributed by atoms with Gasteiger partial charge in [-0.1, -0.05) is 32.9 Å². The van der Waals surface area contributed by atoms with E-state index in [-0.39, 0.29) is 34.8 Å². The van der Waals surface area contributed by atoms with Crippen LogP contribution in [0.25, 0.3) is 0 Å². The van der Waals surface area contributed by atoms with Gasteiger partial charge in [0.2, 0.25) is 6.29 Å². The summed E-state index contributed by atoms with van der Waals surface area (Å²) in [5.41, 5.74) is -5.01. The Labute approximate surface area is 299 Å². The first-order valence-corrected chi connectivity index (χ1v) is 17.7. The number of rotatable bonds is 8. The Morgan fingerprint density at radius 2 is 1.25 bits per heavy atom. The van der Waals surface area contributed by atoms with E-state index in [0.29, 0.717) is 6.42 Å². The van der Waals surface area contributed by atoms with Gasteiger partial charge in [-0.3, -0.25) is 19.2 Å². The minimum atomic E-state index is -1.84. The normalized spacial score (nSPS) is 41.8. The molecule has 13 unspecified atom stereocenters. The van der Waals surface area contributed by atoms with Gasteiger partial charge in [0, 0.05) is 44.8 Å². The minimum Gasteiger partial charge on any atom is -0.462 e. The third kappa shape index (κ3) is 5.78. The summed E-state index contributed by atoms with van der Waals surface area (Å²) < 4.78 is 44.8. The maximum Gasteiger partial charge on any atom is 0.334 e. The van der Waals surface area contributed by atoms with Crippen LogP contribution < -0.4 is 0 Å². The van der Waals surface area contributed by atoms with E-state index in [9.17, 15) is 28.8 Å². The van der Waals surface area contributed by atoms with E-state index in [1.807, 2.05) is 0 Å². The zero-order valence-electron chi connectivity index (χ0n) is 31.6. The quantitative estimate of drug-likeness (QED) is 0.195. The summed E-state index contributed by atoms with van der Waals surface area (Å²) in [6.45, 7) is 19.1. The number of ether oxygens (including phenoxy) is 7. The molecular weight excluding hydrogens is 664 g/mol. The number of hydrogen-bond donors (Lipinski definition) is 0. The zero-order chi connectivity index (χ0) is 38.2. The Morgan fingerprint density at radius 1 is 0.706 bits per heavy atom. The standard InChI is InChI=1S/C38H52O13/c1-13-17(3)31(43)49-30-27-28(46-21(7)40)19(5)16-37(27,50-32(44)18(4)14-2)33(47-22(8)41)36(12)29-26-24(35(26,10)11)15-25(45-20(6)39)38(29,30)34(51-36)48-23(9)42/h13-14,19,24-30,33-34H,15-16H2,1-12H3. The van der Waals surface area contributed by atoms with Gasteiger partial charge >= 0.3 is 35.8 Å². The van der Waals surface area contributed by atoms with Crippen molar-refractivity contribution >= 4 is 35.8 Å². The van der Waals surface area contributed by atoms with Crippen molar-refractivity contribution in [2.75, 3.05) is 0 Å². The van der Waals surface area contributed by atoms with Gasteiger partial charge in [-0.25, -0.2) is 9.59 Å². The van der Waals surface area contributed by atoms with E-state index in [2.05, 4.69) is 13.8 Å². The lowest BCUT2D eigenvalue weighted by Gasteiger charge is -2.52. The molecule has 4 saturated carbocycles. The molecule has 13 nitrogen and oxygen atoms in total. The maximum atomic E-state index is 14.1. The average Bonchev–Trinajstić information content (AvgIpc) is 3.31. The lowest BCUT2D eigenvalue weighted by molar-refractivity contribution is -0.292. The van der Waals surface area contributed by atoms with Crippen LogP contribution in [-0.2, 0) is 61.9 Å². The van der Waals surface area contributed by atoms with Gasteiger partial charge in [0.1, 0.15) is 29.3 Å². The van der Waals surface area contributed by atoms with E-state index >= 15 is 0 Å². The van der Waals surface area contributed by atoms with Crippen molar-refractivity contribution in [1.82, 2.24) is 0 Å². The minimum absolute atomic E-state index is 0.00263. The Balaban J connectivity index is 1.98. The highest BCUT2D eigenvalue weighted by molar-refractivity contribution is 5.89. The molecule has 1 heterocycles. The van der Waals surface area contributed by atoms with Crippen LogP contribution in [0.1, 0.15) is 95.9 Å². The fourth-order valence-electron chi connectivity index (χ4n) is 10.4. The Morgan fingerprint density at radius 3 is 1.78 bits per heavy atom. The molecule has 2 bridgehead atoms. The van der Waals surface area contributed by atoms with Gasteiger partial charge in [-0.15, -0.1) is 0 Å². The second-order valence-electron chi connectivity index (χ2n) is 15.9. The molecule has 13 atom stereocenters. The number of carbonyl (C=O) groups excluding carboxylic acids is 6. The van der Waals surface area contributed by atoms with Gasteiger partial charge in [-0.2, -0.15) is 0 Å². The van der Waals surface area contributed by atoms with Gasteiger partial charge in [0.25, 0.3) is 0 Å². The van der Waals surface area contributed by atoms with E-state index < -0.39 is 101 Å². The molecule has 0 N–H and O–H groups in total. The summed E-state index contributed by atoms with van der Waals surface area (Å²) in [5.74, 6) is -7.01. The van der Waals surface area contributed by atoms with Crippen molar-refractivity contribution < 1.29 is 61.9 Å². The van der Waals surface area contributed by atoms with Gasteiger partial charge in [0.05, 0.1) is 5.92 Å². The van der Waals surface area contributed by atoms with Gasteiger partial charge in [0.15, 0.2) is 11.7 Å². The second-order valence-corrected chi connectivity index (χ2v) is 15.9. The number of fused-ring (bicyclic) bond motifs is 2. The molecule has 0 amide bonds. The van der Waals surface area contributed by atoms with Crippen LogP contribution in [-0.4, -0.2) is 77.7 Å². The molecule has 5 aliphatic rings. The van der Waals surface area contributed by atoms with E-state index in [0.717, 1.165) is 0 Å². The lowest BCUT2D eigenvalue weighted by Crippen LogP contribution is -2.67. The van der Waals surface area contributed by atoms with Crippen molar-refractivity contribution in [3.63, 3.8) is 0 Å². The fourth-order valence-corrected chi connectivity index (χ4v) is 10.4. The summed E-state index contributed by atoms with van der Waals surface area (Å²) >= 11 is 0. The molecule has 51 heavy (non-hydrogen) atoms. The van der Waals surface area contributed by atoms with Crippen molar-refractivity contribution in [1.29, 1.82) is 0 Å². The van der Waals surface area contributed by atoms with Crippen LogP contribution >= 0.6 is 0 Å². The number of hydrogen-bond acceptors (Lipinski definition) is 13. The highest BCUT2D eigenvalue weighted by Crippen LogP contribution is 2.80. The smallest absolute Gasteiger partial charge is 0.334 e. The van der Waals surface area contributed by atoms with Crippen LogP contribution in [0.4, 0.5) is 0 Å². The Hall–Kier alpha value is -3.74. The van der Waals surface area contributed by atoms with Crippen LogP contribution in [0.3, 0.4) is 0 Å². The Kier molecular flexibility index (Phi) is 9.84. The molecule has 1 aliphatic heterocycles. The summed E-state index contributed by atoms with van der Waals surface area (Å²) in [6.07, 6.45) is -3.08. The predicted molar refractivity (Wildman–Crippen MR) is 178 cm³/mol. The number of carbonyl (C=O) groups is 6. The first-order valence-electron chi connectivity index (χ1n) is 17.7. The van der Waals surface area contributed by atoms with Crippen LogP contribution in [0.2, 0.25) is 0 Å². The third-order valence-electron chi connectivity index (χ3n) is 12.5. The van der Waals surface area contributed by atoms with Crippen molar-refractivity contribution in [3.8, 4) is 0 Å².